The molecule has 21 heavy (non-hydrogen) atoms. The first kappa shape index (κ1) is 17.9. The molecule has 0 aromatic heterocycles. The van der Waals surface area contributed by atoms with Crippen LogP contribution in [0.4, 0.5) is 13.2 Å². The summed E-state index contributed by atoms with van der Waals surface area (Å²) in [5.41, 5.74) is 0.923. The van der Waals surface area contributed by atoms with E-state index in [2.05, 4.69) is 0 Å². The molecule has 0 saturated heterocycles. The van der Waals surface area contributed by atoms with Crippen LogP contribution >= 0.6 is 0 Å². The summed E-state index contributed by atoms with van der Waals surface area (Å²) in [5.74, 6) is 0.214. The molecule has 0 spiro atoms. The molecular formula is C13H18F3NO3S. The summed E-state index contributed by atoms with van der Waals surface area (Å²) in [6, 6.07) is 5.93. The molecule has 0 heterocycles. The van der Waals surface area contributed by atoms with Crippen LogP contribution in [0.25, 0.3) is 0 Å². The smallest absolute Gasteiger partial charge is 0.382 e. The van der Waals surface area contributed by atoms with Crippen molar-refractivity contribution < 1.29 is 26.7 Å². The average molecular weight is 325 g/mol. The third-order valence-corrected chi connectivity index (χ3v) is 4.90. The van der Waals surface area contributed by atoms with E-state index >= 15 is 0 Å². The third kappa shape index (κ3) is 4.42. The lowest BCUT2D eigenvalue weighted by molar-refractivity contribution is -0.204. The van der Waals surface area contributed by atoms with Crippen LogP contribution in [0.2, 0.25) is 0 Å². The van der Waals surface area contributed by atoms with Gasteiger partial charge in [-0.05, 0) is 23.6 Å². The number of nitrogens with zero attached hydrogens (tertiary/aromatic N) is 1. The Morgan fingerprint density at radius 2 is 1.67 bits per heavy atom. The summed E-state index contributed by atoms with van der Waals surface area (Å²) in [6.07, 6.45) is -7.57. The maximum atomic E-state index is 12.3. The third-order valence-electron chi connectivity index (χ3n) is 3.06. The number of aliphatic hydroxyl groups is 1. The number of halogens is 3. The monoisotopic (exact) mass is 325 g/mol. The fourth-order valence-corrected chi connectivity index (χ4v) is 2.83. The number of benzene rings is 1. The molecule has 0 radical (unpaired) electrons. The molecule has 0 aliphatic rings. The van der Waals surface area contributed by atoms with Gasteiger partial charge in [0.25, 0.3) is 0 Å². The van der Waals surface area contributed by atoms with Crippen LogP contribution in [0.5, 0.6) is 0 Å². The van der Waals surface area contributed by atoms with Crippen molar-refractivity contribution in [3.05, 3.63) is 29.8 Å². The summed E-state index contributed by atoms with van der Waals surface area (Å²) in [5, 5.41) is 8.95. The summed E-state index contributed by atoms with van der Waals surface area (Å²) >= 11 is 0. The van der Waals surface area contributed by atoms with Gasteiger partial charge in [0.05, 0.1) is 4.90 Å². The molecule has 1 N–H and O–H groups in total. The summed E-state index contributed by atoms with van der Waals surface area (Å²) in [4.78, 5) is -0.108. The van der Waals surface area contributed by atoms with E-state index in [1.807, 2.05) is 13.8 Å². The average Bonchev–Trinajstić information content (AvgIpc) is 2.37. The van der Waals surface area contributed by atoms with Crippen molar-refractivity contribution >= 4 is 10.0 Å². The minimum absolute atomic E-state index is 0.108. The van der Waals surface area contributed by atoms with E-state index in [1.54, 1.807) is 12.1 Å². The molecular weight excluding hydrogens is 307 g/mol. The number of aliphatic hydroxyl groups excluding tert-OH is 1. The van der Waals surface area contributed by atoms with Gasteiger partial charge in [0, 0.05) is 13.6 Å². The normalized spacial score (nSPS) is 14.7. The van der Waals surface area contributed by atoms with Crippen molar-refractivity contribution in [1.82, 2.24) is 4.31 Å². The molecule has 8 heteroatoms. The van der Waals surface area contributed by atoms with Crippen LogP contribution in [0.1, 0.15) is 25.3 Å². The van der Waals surface area contributed by atoms with Gasteiger partial charge >= 0.3 is 6.18 Å². The zero-order chi connectivity index (χ0) is 16.4. The molecule has 1 unspecified atom stereocenters. The second kappa shape index (κ2) is 6.33. The zero-order valence-electron chi connectivity index (χ0n) is 11.9. The minimum Gasteiger partial charge on any atom is -0.382 e. The molecule has 0 fully saturated rings. The predicted molar refractivity (Wildman–Crippen MR) is 72.4 cm³/mol. The zero-order valence-corrected chi connectivity index (χ0v) is 12.7. The van der Waals surface area contributed by atoms with Gasteiger partial charge in [0.1, 0.15) is 0 Å². The Morgan fingerprint density at radius 3 is 2.05 bits per heavy atom. The summed E-state index contributed by atoms with van der Waals surface area (Å²) < 4.78 is 61.6. The van der Waals surface area contributed by atoms with Crippen LogP contribution in [0, 0.1) is 0 Å². The van der Waals surface area contributed by atoms with Crippen LogP contribution in [-0.2, 0) is 10.0 Å². The Bertz CT molecular complexity index is 567. The topological polar surface area (TPSA) is 57.6 Å². The molecule has 0 bridgehead atoms. The van der Waals surface area contributed by atoms with E-state index in [0.29, 0.717) is 4.31 Å². The first-order valence-corrected chi connectivity index (χ1v) is 7.71. The van der Waals surface area contributed by atoms with Gasteiger partial charge in [-0.2, -0.15) is 17.5 Å². The first-order valence-electron chi connectivity index (χ1n) is 6.27. The van der Waals surface area contributed by atoms with E-state index in [-0.39, 0.29) is 10.8 Å². The molecule has 1 aromatic carbocycles. The fraction of sp³-hybridized carbons (Fsp3) is 0.538. The lowest BCUT2D eigenvalue weighted by Gasteiger charge is -2.22. The molecule has 0 amide bonds. The molecule has 0 aliphatic heterocycles. The number of rotatable bonds is 5. The Hall–Kier alpha value is -1.12. The summed E-state index contributed by atoms with van der Waals surface area (Å²) in [7, 11) is -3.06. The van der Waals surface area contributed by atoms with Gasteiger partial charge in [-0.25, -0.2) is 8.42 Å². The Kier molecular flexibility index (Phi) is 5.40. The Balaban J connectivity index is 2.94. The maximum absolute atomic E-state index is 12.3. The number of hydrogen-bond donors (Lipinski definition) is 1. The molecule has 1 rings (SSSR count). The lowest BCUT2D eigenvalue weighted by atomic mass is 10.0. The van der Waals surface area contributed by atoms with Crippen LogP contribution < -0.4 is 0 Å². The highest BCUT2D eigenvalue weighted by atomic mass is 32.2. The van der Waals surface area contributed by atoms with Gasteiger partial charge in [0.2, 0.25) is 10.0 Å². The largest absolute Gasteiger partial charge is 0.415 e. The van der Waals surface area contributed by atoms with Gasteiger partial charge in [-0.1, -0.05) is 26.0 Å². The van der Waals surface area contributed by atoms with Gasteiger partial charge in [-0.3, -0.25) is 0 Å². The SMILES string of the molecule is CC(C)c1ccc(S(=O)(=O)N(C)CC(O)C(F)(F)F)cc1. The Labute approximate surface area is 122 Å². The van der Waals surface area contributed by atoms with Crippen molar-refractivity contribution in [2.24, 2.45) is 0 Å². The number of alkyl halides is 3. The van der Waals surface area contributed by atoms with Crippen molar-refractivity contribution in [3.8, 4) is 0 Å². The van der Waals surface area contributed by atoms with Gasteiger partial charge < -0.3 is 5.11 Å². The van der Waals surface area contributed by atoms with Crippen molar-refractivity contribution in [2.45, 2.75) is 36.9 Å². The van der Waals surface area contributed by atoms with E-state index in [4.69, 9.17) is 5.11 Å². The standard InChI is InChI=1S/C13H18F3NO3S/c1-9(2)10-4-6-11(7-5-10)21(19,20)17(3)8-12(18)13(14,15)16/h4-7,9,12,18H,8H2,1-3H3. The van der Waals surface area contributed by atoms with E-state index in [0.717, 1.165) is 12.6 Å². The Morgan fingerprint density at radius 1 is 1.19 bits per heavy atom. The highest BCUT2D eigenvalue weighted by Gasteiger charge is 2.40. The highest BCUT2D eigenvalue weighted by Crippen LogP contribution is 2.23. The van der Waals surface area contributed by atoms with Gasteiger partial charge in [-0.15, -0.1) is 0 Å². The van der Waals surface area contributed by atoms with Crippen molar-refractivity contribution in [3.63, 3.8) is 0 Å². The van der Waals surface area contributed by atoms with E-state index in [1.165, 1.54) is 12.1 Å². The molecule has 1 aromatic rings. The molecule has 120 valence electrons. The molecule has 4 nitrogen and oxygen atoms in total. The van der Waals surface area contributed by atoms with Crippen LogP contribution in [0.3, 0.4) is 0 Å². The second-order valence-corrected chi connectivity index (χ2v) is 7.11. The minimum atomic E-state index is -4.86. The number of sulfonamides is 1. The second-order valence-electron chi connectivity index (χ2n) is 5.07. The van der Waals surface area contributed by atoms with Crippen molar-refractivity contribution in [2.75, 3.05) is 13.6 Å². The highest BCUT2D eigenvalue weighted by molar-refractivity contribution is 7.89. The van der Waals surface area contributed by atoms with Crippen molar-refractivity contribution in [1.29, 1.82) is 0 Å². The number of hydrogen-bond acceptors (Lipinski definition) is 3. The number of likely N-dealkylation sites (N-methyl/N-ethyl adjacent to an activating group) is 1. The van der Waals surface area contributed by atoms with E-state index < -0.39 is 28.8 Å². The lowest BCUT2D eigenvalue weighted by Crippen LogP contribution is -2.41. The fourth-order valence-electron chi connectivity index (χ4n) is 1.65. The van der Waals surface area contributed by atoms with Gasteiger partial charge in [0.15, 0.2) is 6.10 Å². The predicted octanol–water partition coefficient (Wildman–Crippen LogP) is 2.35. The summed E-state index contributed by atoms with van der Waals surface area (Å²) in [6.45, 7) is 2.84. The first-order chi connectivity index (χ1) is 9.46. The molecule has 0 saturated carbocycles. The van der Waals surface area contributed by atoms with E-state index in [9.17, 15) is 21.6 Å². The quantitative estimate of drug-likeness (QED) is 0.904. The molecule has 1 atom stereocenters. The maximum Gasteiger partial charge on any atom is 0.415 e. The van der Waals surface area contributed by atoms with Crippen LogP contribution in [-0.4, -0.2) is 43.7 Å². The van der Waals surface area contributed by atoms with Crippen LogP contribution in [0.15, 0.2) is 29.2 Å². The molecule has 0 aliphatic carbocycles.